The number of halogens is 1. The van der Waals surface area contributed by atoms with Crippen LogP contribution in [0.1, 0.15) is 5.56 Å². The molecule has 174 valence electrons. The molecule has 1 amide bonds. The number of aromatic nitrogens is 3. The first-order valence-corrected chi connectivity index (χ1v) is 12.6. The van der Waals surface area contributed by atoms with Crippen molar-refractivity contribution in [2.45, 2.75) is 17.0 Å². The van der Waals surface area contributed by atoms with Gasteiger partial charge in [-0.15, -0.1) is 10.2 Å². The minimum Gasteiger partial charge on any atom is -0.325 e. The molecule has 1 heterocycles. The van der Waals surface area contributed by atoms with Crippen LogP contribution >= 0.6 is 11.8 Å². The molecule has 1 aromatic heterocycles. The minimum absolute atomic E-state index is 0.0321. The molecular weight excluding hydrogens is 477 g/mol. The van der Waals surface area contributed by atoms with Crippen molar-refractivity contribution >= 4 is 33.4 Å². The van der Waals surface area contributed by atoms with Gasteiger partial charge in [0.2, 0.25) is 15.9 Å². The summed E-state index contributed by atoms with van der Waals surface area (Å²) in [7, 11) is -3.81. The predicted molar refractivity (Wildman–Crippen MR) is 129 cm³/mol. The summed E-state index contributed by atoms with van der Waals surface area (Å²) in [6, 6.07) is 19.3. The number of nitrogens with one attached hydrogen (secondary N) is 1. The normalized spacial score (nSPS) is 11.4. The highest BCUT2D eigenvalue weighted by molar-refractivity contribution is 7.99. The lowest BCUT2D eigenvalue weighted by molar-refractivity contribution is -0.113. The molecule has 34 heavy (non-hydrogen) atoms. The molecule has 8 nitrogen and oxygen atoms in total. The number of hydrogen-bond acceptors (Lipinski definition) is 6. The van der Waals surface area contributed by atoms with Crippen LogP contribution in [0.4, 0.5) is 10.1 Å². The number of anilines is 1. The molecule has 0 fully saturated rings. The van der Waals surface area contributed by atoms with Gasteiger partial charge in [-0.05, 0) is 67.6 Å². The smallest absolute Gasteiger partial charge is 0.238 e. The molecule has 0 aliphatic heterocycles. The number of carbonyl (C=O) groups is 1. The monoisotopic (exact) mass is 497 g/mol. The minimum atomic E-state index is -3.81. The number of benzene rings is 3. The molecule has 0 bridgehead atoms. The summed E-state index contributed by atoms with van der Waals surface area (Å²) in [4.78, 5) is 12.5. The first-order valence-electron chi connectivity index (χ1n) is 10.0. The van der Waals surface area contributed by atoms with Gasteiger partial charge in [-0.3, -0.25) is 9.36 Å². The third-order valence-electron chi connectivity index (χ3n) is 4.83. The Balaban J connectivity index is 1.55. The molecule has 3 N–H and O–H groups in total. The molecule has 0 atom stereocenters. The van der Waals surface area contributed by atoms with Gasteiger partial charge in [-0.2, -0.15) is 0 Å². The van der Waals surface area contributed by atoms with Crippen LogP contribution in [0.25, 0.3) is 17.1 Å². The van der Waals surface area contributed by atoms with Crippen LogP contribution in [0.15, 0.2) is 82.8 Å². The lowest BCUT2D eigenvalue weighted by Crippen LogP contribution is -2.15. The number of sulfonamides is 1. The van der Waals surface area contributed by atoms with Gasteiger partial charge in [0.1, 0.15) is 5.82 Å². The van der Waals surface area contributed by atoms with Crippen molar-refractivity contribution in [1.29, 1.82) is 0 Å². The Morgan fingerprint density at radius 1 is 1.00 bits per heavy atom. The number of carbonyl (C=O) groups excluding carboxylic acids is 1. The number of hydrogen-bond donors (Lipinski definition) is 2. The first kappa shape index (κ1) is 23.6. The average molecular weight is 498 g/mol. The van der Waals surface area contributed by atoms with Crippen molar-refractivity contribution in [2.24, 2.45) is 5.14 Å². The highest BCUT2D eigenvalue weighted by Crippen LogP contribution is 2.28. The molecule has 4 rings (SSSR count). The topological polar surface area (TPSA) is 120 Å². The van der Waals surface area contributed by atoms with Gasteiger partial charge in [-0.25, -0.2) is 17.9 Å². The van der Waals surface area contributed by atoms with E-state index in [0.717, 1.165) is 11.3 Å². The fraction of sp³-hybridized carbons (Fsp3) is 0.0870. The zero-order valence-electron chi connectivity index (χ0n) is 18.0. The van der Waals surface area contributed by atoms with E-state index in [4.69, 9.17) is 5.14 Å². The number of aryl methyl sites for hydroxylation is 1. The van der Waals surface area contributed by atoms with E-state index in [0.29, 0.717) is 22.2 Å². The van der Waals surface area contributed by atoms with Gasteiger partial charge in [0.05, 0.1) is 10.6 Å². The highest BCUT2D eigenvalue weighted by atomic mass is 32.2. The molecule has 0 saturated heterocycles. The van der Waals surface area contributed by atoms with Gasteiger partial charge >= 0.3 is 0 Å². The molecule has 0 spiro atoms. The zero-order chi connectivity index (χ0) is 24.3. The van der Waals surface area contributed by atoms with Crippen molar-refractivity contribution in [3.8, 4) is 17.1 Å². The van der Waals surface area contributed by atoms with Crippen LogP contribution < -0.4 is 10.5 Å². The highest BCUT2D eigenvalue weighted by Gasteiger charge is 2.18. The van der Waals surface area contributed by atoms with Crippen molar-refractivity contribution in [2.75, 3.05) is 11.1 Å². The largest absolute Gasteiger partial charge is 0.325 e. The van der Waals surface area contributed by atoms with Gasteiger partial charge in [0.25, 0.3) is 0 Å². The van der Waals surface area contributed by atoms with E-state index in [1.54, 1.807) is 12.1 Å². The van der Waals surface area contributed by atoms with Crippen molar-refractivity contribution < 1.29 is 17.6 Å². The lowest BCUT2D eigenvalue weighted by Gasteiger charge is -2.11. The summed E-state index contributed by atoms with van der Waals surface area (Å²) < 4.78 is 38.0. The Labute approximate surface area is 200 Å². The number of amides is 1. The fourth-order valence-corrected chi connectivity index (χ4v) is 4.40. The fourth-order valence-electron chi connectivity index (χ4n) is 3.13. The van der Waals surface area contributed by atoms with Crippen LogP contribution in [0, 0.1) is 12.7 Å². The van der Waals surface area contributed by atoms with E-state index in [1.165, 1.54) is 48.2 Å². The summed E-state index contributed by atoms with van der Waals surface area (Å²) >= 11 is 1.19. The van der Waals surface area contributed by atoms with Crippen LogP contribution in [-0.2, 0) is 14.8 Å². The average Bonchev–Trinajstić information content (AvgIpc) is 3.22. The molecule has 0 aliphatic carbocycles. The molecule has 0 saturated carbocycles. The zero-order valence-corrected chi connectivity index (χ0v) is 19.6. The van der Waals surface area contributed by atoms with Crippen molar-refractivity contribution in [3.05, 3.63) is 84.2 Å². The van der Waals surface area contributed by atoms with Crippen molar-refractivity contribution in [3.63, 3.8) is 0 Å². The SMILES string of the molecule is Cc1ccc(-n2c(SCC(=O)Nc3ccc(S(N)(=O)=O)cc3)nnc2-c2ccc(F)cc2)cc1. The number of primary sulfonamides is 1. The molecule has 0 aliphatic rings. The molecular formula is C23H20FN5O3S2. The van der Waals surface area contributed by atoms with Crippen molar-refractivity contribution in [1.82, 2.24) is 14.8 Å². The number of rotatable bonds is 7. The maximum Gasteiger partial charge on any atom is 0.238 e. The summed E-state index contributed by atoms with van der Waals surface area (Å²) in [5.74, 6) is -0.112. The number of nitrogens with two attached hydrogens (primary N) is 1. The first-order chi connectivity index (χ1) is 16.2. The molecule has 3 aromatic carbocycles. The number of thioether (sulfide) groups is 1. The van der Waals surface area contributed by atoms with Gasteiger partial charge < -0.3 is 5.32 Å². The maximum atomic E-state index is 13.4. The van der Waals surface area contributed by atoms with Crippen LogP contribution in [0.3, 0.4) is 0 Å². The van der Waals surface area contributed by atoms with E-state index in [2.05, 4.69) is 15.5 Å². The lowest BCUT2D eigenvalue weighted by atomic mass is 10.2. The Morgan fingerprint density at radius 2 is 1.65 bits per heavy atom. The molecule has 0 unspecified atom stereocenters. The molecule has 4 aromatic rings. The van der Waals surface area contributed by atoms with Crippen LogP contribution in [0.2, 0.25) is 0 Å². The van der Waals surface area contributed by atoms with Crippen LogP contribution in [0.5, 0.6) is 0 Å². The Bertz CT molecular complexity index is 1420. The molecule has 0 radical (unpaired) electrons. The summed E-state index contributed by atoms with van der Waals surface area (Å²) in [6.45, 7) is 1.98. The standard InChI is InChI=1S/C23H20FN5O3S2/c1-15-2-10-19(11-3-15)29-22(16-4-6-17(24)7-5-16)27-28-23(29)33-14-21(30)26-18-8-12-20(13-9-18)34(25,31)32/h2-13H,14H2,1H3,(H,26,30)(H2,25,31,32). The number of nitrogens with zero attached hydrogens (tertiary/aromatic N) is 3. The Morgan fingerprint density at radius 3 is 2.26 bits per heavy atom. The molecule has 11 heteroatoms. The predicted octanol–water partition coefficient (Wildman–Crippen LogP) is 3.76. The van der Waals surface area contributed by atoms with E-state index in [1.807, 2.05) is 35.8 Å². The van der Waals surface area contributed by atoms with Gasteiger partial charge in [0.15, 0.2) is 11.0 Å². The Hall–Kier alpha value is -3.54. The summed E-state index contributed by atoms with van der Waals surface area (Å²) in [6.07, 6.45) is 0. The second-order valence-corrected chi connectivity index (χ2v) is 9.89. The summed E-state index contributed by atoms with van der Waals surface area (Å²) in [5.41, 5.74) is 3.00. The third-order valence-corrected chi connectivity index (χ3v) is 6.69. The van der Waals surface area contributed by atoms with E-state index in [-0.39, 0.29) is 22.4 Å². The van der Waals surface area contributed by atoms with Crippen LogP contribution in [-0.4, -0.2) is 34.8 Å². The third kappa shape index (κ3) is 5.50. The quantitative estimate of drug-likeness (QED) is 0.375. The summed E-state index contributed by atoms with van der Waals surface area (Å²) in [5, 5.41) is 16.8. The van der Waals surface area contributed by atoms with E-state index in [9.17, 15) is 17.6 Å². The van der Waals surface area contributed by atoms with E-state index < -0.39 is 10.0 Å². The maximum absolute atomic E-state index is 13.4. The second kappa shape index (κ2) is 9.75. The van der Waals surface area contributed by atoms with Gasteiger partial charge in [-0.1, -0.05) is 29.5 Å². The van der Waals surface area contributed by atoms with Gasteiger partial charge in [0, 0.05) is 16.9 Å². The van der Waals surface area contributed by atoms with E-state index >= 15 is 0 Å². The Kier molecular flexibility index (Phi) is 6.77. The second-order valence-electron chi connectivity index (χ2n) is 7.39.